The van der Waals surface area contributed by atoms with Gasteiger partial charge in [0.25, 0.3) is 0 Å². The van der Waals surface area contributed by atoms with Crippen molar-refractivity contribution in [3.05, 3.63) is 47.5 Å². The first-order valence-electron chi connectivity index (χ1n) is 6.83. The summed E-state index contributed by atoms with van der Waals surface area (Å²) >= 11 is 0. The van der Waals surface area contributed by atoms with Gasteiger partial charge in [0.2, 0.25) is 0 Å². The first-order chi connectivity index (χ1) is 10.7. The second kappa shape index (κ2) is 7.53. The van der Waals surface area contributed by atoms with Crippen molar-refractivity contribution in [2.24, 2.45) is 0 Å². The van der Waals surface area contributed by atoms with Crippen molar-refractivity contribution in [3.8, 4) is 0 Å². The molecule has 22 heavy (non-hydrogen) atoms. The molecular weight excluding hydrogens is 288 g/mol. The van der Waals surface area contributed by atoms with Gasteiger partial charge in [0.15, 0.2) is 0 Å². The van der Waals surface area contributed by atoms with E-state index in [1.807, 2.05) is 36.4 Å². The van der Waals surface area contributed by atoms with Crippen molar-refractivity contribution in [3.63, 3.8) is 0 Å². The first-order valence-corrected chi connectivity index (χ1v) is 6.83. The van der Waals surface area contributed by atoms with Crippen LogP contribution in [0.3, 0.4) is 0 Å². The van der Waals surface area contributed by atoms with Gasteiger partial charge in [0.05, 0.1) is 12.8 Å². The number of hydrogen-bond donors (Lipinski definition) is 2. The third-order valence-corrected chi connectivity index (χ3v) is 3.51. The van der Waals surface area contributed by atoms with Crippen LogP contribution in [0.4, 0.5) is 0 Å². The van der Waals surface area contributed by atoms with E-state index in [2.05, 4.69) is 9.78 Å². The van der Waals surface area contributed by atoms with E-state index in [1.54, 1.807) is 0 Å². The van der Waals surface area contributed by atoms with Gasteiger partial charge >= 0.3 is 11.9 Å². The molecule has 0 fully saturated rings. The van der Waals surface area contributed by atoms with Gasteiger partial charge in [-0.2, -0.15) is 10.5 Å². The number of benzene rings is 2. The molecule has 0 amide bonds. The molecule has 0 saturated heterocycles. The molecule has 2 aromatic rings. The molecule has 0 saturated carbocycles. The van der Waals surface area contributed by atoms with Gasteiger partial charge in [-0.25, -0.2) is 9.59 Å². The Labute approximate surface area is 126 Å². The zero-order valence-corrected chi connectivity index (χ0v) is 11.8. The van der Waals surface area contributed by atoms with Crippen LogP contribution in [-0.4, -0.2) is 22.5 Å². The number of aryl methyl sites for hydroxylation is 2. The molecular formula is C16H16O6. The normalized spacial score (nSPS) is 10.5. The smallest absolute Gasteiger partial charge is 0.301 e. The first kappa shape index (κ1) is 15.9. The van der Waals surface area contributed by atoms with Gasteiger partial charge in [-0.15, -0.1) is 0 Å². The average molecular weight is 304 g/mol. The van der Waals surface area contributed by atoms with Crippen LogP contribution < -0.4 is 0 Å². The zero-order chi connectivity index (χ0) is 15.9. The molecule has 0 heterocycles. The number of fused-ring (bicyclic) bond motifs is 1. The van der Waals surface area contributed by atoms with Gasteiger partial charge in [-0.1, -0.05) is 36.4 Å². The lowest BCUT2D eigenvalue weighted by atomic mass is 9.95. The molecule has 2 aromatic carbocycles. The van der Waals surface area contributed by atoms with E-state index in [9.17, 15) is 9.59 Å². The van der Waals surface area contributed by atoms with Crippen LogP contribution >= 0.6 is 0 Å². The maximum absolute atomic E-state index is 11.1. The summed E-state index contributed by atoms with van der Waals surface area (Å²) in [5.41, 5.74) is 1.91. The summed E-state index contributed by atoms with van der Waals surface area (Å²) in [5.74, 6) is -1.36. The molecule has 0 unspecified atom stereocenters. The highest BCUT2D eigenvalue weighted by atomic mass is 17.1. The summed E-state index contributed by atoms with van der Waals surface area (Å²) in [6.45, 7) is 0. The molecule has 2 N–H and O–H groups in total. The molecule has 0 aliphatic carbocycles. The van der Waals surface area contributed by atoms with E-state index in [0.717, 1.165) is 21.9 Å². The van der Waals surface area contributed by atoms with Crippen LogP contribution in [0.5, 0.6) is 0 Å². The molecule has 0 aliphatic heterocycles. The predicted molar refractivity (Wildman–Crippen MR) is 78.0 cm³/mol. The molecule has 0 spiro atoms. The summed E-state index contributed by atoms with van der Waals surface area (Å²) in [6, 6.07) is 11.4. The van der Waals surface area contributed by atoms with Crippen LogP contribution in [-0.2, 0) is 32.2 Å². The Kier molecular flexibility index (Phi) is 5.46. The molecule has 2 rings (SSSR count). The Morgan fingerprint density at radius 2 is 1.18 bits per heavy atom. The van der Waals surface area contributed by atoms with E-state index in [-0.39, 0.29) is 12.8 Å². The Balaban J connectivity index is 2.26. The standard InChI is InChI=1S/C16H16O6/c17-15(21-19)9-7-11-5-6-12(8-10-16(18)22-20)14-4-2-1-3-13(11)14/h1-6,19-20H,7-10H2. The molecule has 116 valence electrons. The van der Waals surface area contributed by atoms with Crippen LogP contribution in [0.15, 0.2) is 36.4 Å². The largest absolute Gasteiger partial charge is 0.342 e. The lowest BCUT2D eigenvalue weighted by Gasteiger charge is -2.10. The van der Waals surface area contributed by atoms with Crippen molar-refractivity contribution in [2.45, 2.75) is 25.7 Å². The molecule has 0 aliphatic rings. The van der Waals surface area contributed by atoms with E-state index in [0.29, 0.717) is 12.8 Å². The van der Waals surface area contributed by atoms with Crippen molar-refractivity contribution in [1.82, 2.24) is 0 Å². The van der Waals surface area contributed by atoms with Crippen molar-refractivity contribution in [2.75, 3.05) is 0 Å². The van der Waals surface area contributed by atoms with Gasteiger partial charge < -0.3 is 9.78 Å². The van der Waals surface area contributed by atoms with E-state index < -0.39 is 11.9 Å². The van der Waals surface area contributed by atoms with E-state index in [4.69, 9.17) is 10.5 Å². The van der Waals surface area contributed by atoms with Gasteiger partial charge in [0, 0.05) is 0 Å². The lowest BCUT2D eigenvalue weighted by molar-refractivity contribution is -0.234. The van der Waals surface area contributed by atoms with Crippen molar-refractivity contribution >= 4 is 22.7 Å². The Morgan fingerprint density at radius 1 is 0.773 bits per heavy atom. The summed E-state index contributed by atoms with van der Waals surface area (Å²) < 4.78 is 0. The van der Waals surface area contributed by atoms with Crippen LogP contribution in [0.1, 0.15) is 24.0 Å². The fourth-order valence-corrected chi connectivity index (χ4v) is 2.42. The molecule has 0 bridgehead atoms. The monoisotopic (exact) mass is 304 g/mol. The highest BCUT2D eigenvalue weighted by Gasteiger charge is 2.10. The molecule has 0 aromatic heterocycles. The average Bonchev–Trinajstić information content (AvgIpc) is 2.57. The van der Waals surface area contributed by atoms with Crippen LogP contribution in [0, 0.1) is 0 Å². The second-order valence-corrected chi connectivity index (χ2v) is 4.86. The van der Waals surface area contributed by atoms with E-state index >= 15 is 0 Å². The summed E-state index contributed by atoms with van der Waals surface area (Å²) in [4.78, 5) is 29.4. The van der Waals surface area contributed by atoms with Crippen LogP contribution in [0.25, 0.3) is 10.8 Å². The Morgan fingerprint density at radius 3 is 1.55 bits per heavy atom. The van der Waals surface area contributed by atoms with Crippen LogP contribution in [0.2, 0.25) is 0 Å². The third-order valence-electron chi connectivity index (χ3n) is 3.51. The lowest BCUT2D eigenvalue weighted by Crippen LogP contribution is -2.04. The Bertz CT molecular complexity index is 621. The molecule has 6 nitrogen and oxygen atoms in total. The molecule has 0 atom stereocenters. The van der Waals surface area contributed by atoms with E-state index in [1.165, 1.54) is 0 Å². The number of rotatable bonds is 6. The highest BCUT2D eigenvalue weighted by Crippen LogP contribution is 2.25. The SMILES string of the molecule is O=C(CCc1ccc(CCC(=O)OO)c2ccccc12)OO. The molecule has 0 radical (unpaired) electrons. The second-order valence-electron chi connectivity index (χ2n) is 4.86. The van der Waals surface area contributed by atoms with Gasteiger partial charge in [-0.05, 0) is 34.7 Å². The minimum Gasteiger partial charge on any atom is -0.301 e. The quantitative estimate of drug-likeness (QED) is 0.629. The number of hydrogen-bond acceptors (Lipinski definition) is 6. The fourth-order valence-electron chi connectivity index (χ4n) is 2.42. The third kappa shape index (κ3) is 3.81. The highest BCUT2D eigenvalue weighted by molar-refractivity contribution is 5.89. The van der Waals surface area contributed by atoms with Gasteiger partial charge in [-0.3, -0.25) is 0 Å². The fraction of sp³-hybridized carbons (Fsp3) is 0.250. The minimum absolute atomic E-state index is 0.0800. The summed E-state index contributed by atoms with van der Waals surface area (Å²) in [6.07, 6.45) is 1.05. The number of carbonyl (C=O) groups is 2. The number of carbonyl (C=O) groups excluding carboxylic acids is 2. The summed E-state index contributed by atoms with van der Waals surface area (Å²) in [5, 5.41) is 18.6. The minimum atomic E-state index is -0.682. The predicted octanol–water partition coefficient (Wildman–Crippen LogP) is 2.74. The van der Waals surface area contributed by atoms with Gasteiger partial charge in [0.1, 0.15) is 0 Å². The maximum Gasteiger partial charge on any atom is 0.342 e. The maximum atomic E-state index is 11.1. The topological polar surface area (TPSA) is 93.1 Å². The molecule has 6 heteroatoms. The van der Waals surface area contributed by atoms with Crippen molar-refractivity contribution < 1.29 is 29.9 Å². The summed E-state index contributed by atoms with van der Waals surface area (Å²) in [7, 11) is 0. The Hall–Kier alpha value is -2.44. The van der Waals surface area contributed by atoms with Crippen molar-refractivity contribution in [1.29, 1.82) is 0 Å². The zero-order valence-electron chi connectivity index (χ0n) is 11.8.